The van der Waals surface area contributed by atoms with E-state index in [1.54, 1.807) is 12.1 Å². The molecule has 10 heteroatoms. The lowest BCUT2D eigenvalue weighted by Gasteiger charge is -2.25. The van der Waals surface area contributed by atoms with Gasteiger partial charge in [-0.3, -0.25) is 0 Å². The molecule has 50 heavy (non-hydrogen) atoms. The van der Waals surface area contributed by atoms with Gasteiger partial charge in [0.2, 0.25) is 10.0 Å². The second-order valence-electron chi connectivity index (χ2n) is 11.9. The molecule has 5 aromatic carbocycles. The summed E-state index contributed by atoms with van der Waals surface area (Å²) < 4.78 is 37.5. The number of halogens is 1. The third-order valence-electron chi connectivity index (χ3n) is 8.55. The number of para-hydroxylation sites is 1. The van der Waals surface area contributed by atoms with Crippen LogP contribution in [-0.4, -0.2) is 49.5 Å². The lowest BCUT2D eigenvalue weighted by Crippen LogP contribution is -2.31. The summed E-state index contributed by atoms with van der Waals surface area (Å²) in [4.78, 5) is 11.3. The highest BCUT2D eigenvalue weighted by atomic mass is 35.5. The van der Waals surface area contributed by atoms with E-state index >= 15 is 0 Å². The quantitative estimate of drug-likeness (QED) is 0.0947. The number of carboxylic acid groups (broad SMARTS) is 1. The minimum absolute atomic E-state index is 0.0709. The average molecular weight is 708 g/mol. The number of aromatic nitrogens is 1. The van der Waals surface area contributed by atoms with Crippen molar-refractivity contribution >= 4 is 44.2 Å². The van der Waals surface area contributed by atoms with Gasteiger partial charge >= 0.3 is 5.97 Å². The normalized spacial score (nSPS) is 11.6. The van der Waals surface area contributed by atoms with Gasteiger partial charge in [-0.1, -0.05) is 90.5 Å². The Labute approximate surface area is 297 Å². The Kier molecular flexibility index (Phi) is 11.2. The molecule has 1 aromatic heterocycles. The van der Waals surface area contributed by atoms with Gasteiger partial charge in [0, 0.05) is 53.2 Å². The van der Waals surface area contributed by atoms with Crippen LogP contribution in [0.25, 0.3) is 10.9 Å². The van der Waals surface area contributed by atoms with E-state index in [0.29, 0.717) is 30.2 Å². The van der Waals surface area contributed by atoms with E-state index in [0.717, 1.165) is 39.0 Å². The van der Waals surface area contributed by atoms with Crippen LogP contribution in [0, 0.1) is 0 Å². The van der Waals surface area contributed by atoms with Crippen molar-refractivity contribution in [1.29, 1.82) is 0 Å². The van der Waals surface area contributed by atoms with Gasteiger partial charge in [-0.25, -0.2) is 17.9 Å². The molecule has 0 unspecified atom stereocenters. The van der Waals surface area contributed by atoms with E-state index in [4.69, 9.17) is 16.3 Å². The zero-order valence-electron chi connectivity index (χ0n) is 27.3. The van der Waals surface area contributed by atoms with Crippen LogP contribution in [0.2, 0.25) is 5.02 Å². The van der Waals surface area contributed by atoms with Crippen LogP contribution >= 0.6 is 11.6 Å². The van der Waals surface area contributed by atoms with Crippen LogP contribution in [0.1, 0.15) is 38.8 Å². The number of aromatic carboxylic acids is 1. The van der Waals surface area contributed by atoms with Crippen molar-refractivity contribution in [3.8, 4) is 5.75 Å². The standard InChI is InChI=1S/C40H38ClN3O5S/c41-32-18-21-37-36(28-32)35(23-26-49-34-19-16-31(17-20-34)40(45)46)38(22-24-43-50(47,48)27-25-42-33-14-8-3-9-15-33)44(37)39(29-10-4-1-5-11-29)30-12-6-2-7-13-30/h1-21,28,39,42-43H,22-27H2,(H,45,46). The third-order valence-corrected chi connectivity index (χ3v) is 10.2. The molecule has 256 valence electrons. The Bertz CT molecular complexity index is 2100. The summed E-state index contributed by atoms with van der Waals surface area (Å²) in [6, 6.07) is 42.0. The number of sulfonamides is 1. The number of anilines is 1. The summed E-state index contributed by atoms with van der Waals surface area (Å²) >= 11 is 6.61. The summed E-state index contributed by atoms with van der Waals surface area (Å²) in [5, 5.41) is 14.0. The van der Waals surface area contributed by atoms with Gasteiger partial charge in [-0.2, -0.15) is 0 Å². The number of hydrogen-bond acceptors (Lipinski definition) is 5. The van der Waals surface area contributed by atoms with Gasteiger partial charge in [-0.05, 0) is 71.3 Å². The Morgan fingerprint density at radius 1 is 0.780 bits per heavy atom. The monoisotopic (exact) mass is 707 g/mol. The van der Waals surface area contributed by atoms with Gasteiger partial charge in [0.25, 0.3) is 0 Å². The zero-order valence-corrected chi connectivity index (χ0v) is 28.9. The number of carbonyl (C=O) groups is 1. The zero-order chi connectivity index (χ0) is 34.9. The molecule has 0 saturated carbocycles. The third kappa shape index (κ3) is 8.55. The molecule has 6 aromatic rings. The first kappa shape index (κ1) is 34.8. The minimum Gasteiger partial charge on any atom is -0.493 e. The number of fused-ring (bicyclic) bond motifs is 1. The number of ether oxygens (including phenoxy) is 1. The lowest BCUT2D eigenvalue weighted by molar-refractivity contribution is 0.0697. The summed E-state index contributed by atoms with van der Waals surface area (Å²) in [7, 11) is -3.58. The summed E-state index contributed by atoms with van der Waals surface area (Å²) in [5.41, 5.74) is 6.16. The molecule has 0 aliphatic carbocycles. The van der Waals surface area contributed by atoms with Crippen LogP contribution in [0.5, 0.6) is 5.75 Å². The van der Waals surface area contributed by atoms with Crippen molar-refractivity contribution < 1.29 is 23.1 Å². The molecular weight excluding hydrogens is 670 g/mol. The fourth-order valence-electron chi connectivity index (χ4n) is 6.26. The Morgan fingerprint density at radius 2 is 1.40 bits per heavy atom. The predicted octanol–water partition coefficient (Wildman–Crippen LogP) is 7.83. The molecule has 0 spiro atoms. The van der Waals surface area contributed by atoms with Crippen LogP contribution in [0.4, 0.5) is 5.69 Å². The van der Waals surface area contributed by atoms with E-state index in [1.807, 2.05) is 84.9 Å². The summed E-state index contributed by atoms with van der Waals surface area (Å²) in [5.74, 6) is -0.514. The number of rotatable bonds is 16. The Morgan fingerprint density at radius 3 is 2.02 bits per heavy atom. The molecular formula is C40H38ClN3O5S. The molecule has 0 fully saturated rings. The molecule has 0 atom stereocenters. The molecule has 0 aliphatic heterocycles. The van der Waals surface area contributed by atoms with Crippen molar-refractivity contribution in [2.45, 2.75) is 18.9 Å². The van der Waals surface area contributed by atoms with Gasteiger partial charge in [-0.15, -0.1) is 0 Å². The predicted molar refractivity (Wildman–Crippen MR) is 200 cm³/mol. The number of nitrogens with zero attached hydrogens (tertiary/aromatic N) is 1. The van der Waals surface area contributed by atoms with E-state index < -0.39 is 16.0 Å². The van der Waals surface area contributed by atoms with Crippen molar-refractivity contribution in [2.24, 2.45) is 0 Å². The Balaban J connectivity index is 1.34. The highest BCUT2D eigenvalue weighted by molar-refractivity contribution is 7.89. The first-order valence-corrected chi connectivity index (χ1v) is 18.5. The molecule has 6 rings (SSSR count). The van der Waals surface area contributed by atoms with E-state index in [1.165, 1.54) is 12.1 Å². The Hall–Kier alpha value is -5.09. The number of carboxylic acids is 1. The van der Waals surface area contributed by atoms with Crippen molar-refractivity contribution in [1.82, 2.24) is 9.29 Å². The summed E-state index contributed by atoms with van der Waals surface area (Å²) in [6.07, 6.45) is 0.917. The maximum Gasteiger partial charge on any atom is 0.335 e. The fourth-order valence-corrected chi connectivity index (χ4v) is 7.36. The number of benzene rings is 5. The minimum atomic E-state index is -3.58. The first-order chi connectivity index (χ1) is 24.3. The molecule has 1 heterocycles. The van der Waals surface area contributed by atoms with Crippen LogP contribution in [0.15, 0.2) is 133 Å². The largest absolute Gasteiger partial charge is 0.493 e. The highest BCUT2D eigenvalue weighted by Gasteiger charge is 2.26. The maximum absolute atomic E-state index is 13.1. The highest BCUT2D eigenvalue weighted by Crippen LogP contribution is 2.37. The second-order valence-corrected chi connectivity index (χ2v) is 14.2. The molecule has 0 radical (unpaired) electrons. The molecule has 0 saturated heterocycles. The number of hydrogen-bond donors (Lipinski definition) is 3. The van der Waals surface area contributed by atoms with Crippen LogP contribution in [0.3, 0.4) is 0 Å². The van der Waals surface area contributed by atoms with Gasteiger partial charge in [0.05, 0.1) is 24.0 Å². The topological polar surface area (TPSA) is 110 Å². The first-order valence-electron chi connectivity index (χ1n) is 16.4. The van der Waals surface area contributed by atoms with E-state index in [9.17, 15) is 18.3 Å². The van der Waals surface area contributed by atoms with Crippen molar-refractivity contribution in [3.05, 3.63) is 166 Å². The summed E-state index contributed by atoms with van der Waals surface area (Å²) in [6.45, 7) is 0.778. The molecule has 8 nitrogen and oxygen atoms in total. The van der Waals surface area contributed by atoms with Gasteiger partial charge < -0.3 is 19.7 Å². The van der Waals surface area contributed by atoms with Crippen molar-refractivity contribution in [3.63, 3.8) is 0 Å². The molecule has 0 bridgehead atoms. The maximum atomic E-state index is 13.1. The molecule has 3 N–H and O–H groups in total. The average Bonchev–Trinajstić information content (AvgIpc) is 3.41. The molecule has 0 aliphatic rings. The van der Waals surface area contributed by atoms with Crippen molar-refractivity contribution in [2.75, 3.05) is 30.8 Å². The second kappa shape index (κ2) is 16.1. The van der Waals surface area contributed by atoms with Crippen LogP contribution in [-0.2, 0) is 22.9 Å². The number of nitrogens with one attached hydrogen (secondary N) is 2. The van der Waals surface area contributed by atoms with E-state index in [2.05, 4.69) is 38.9 Å². The van der Waals surface area contributed by atoms with Gasteiger partial charge in [0.1, 0.15) is 5.75 Å². The smallest absolute Gasteiger partial charge is 0.335 e. The molecule has 0 amide bonds. The van der Waals surface area contributed by atoms with Gasteiger partial charge in [0.15, 0.2) is 0 Å². The van der Waals surface area contributed by atoms with Crippen LogP contribution < -0.4 is 14.8 Å². The fraction of sp³-hybridized carbons (Fsp3) is 0.175. The lowest BCUT2D eigenvalue weighted by atomic mass is 9.97. The SMILES string of the molecule is O=C(O)c1ccc(OCCc2c(CCNS(=O)(=O)CCNc3ccccc3)n(C(c3ccccc3)c3ccccc3)c3ccc(Cl)cc23)cc1. The van der Waals surface area contributed by atoms with E-state index in [-0.39, 0.29) is 30.4 Å².